The van der Waals surface area contributed by atoms with Gasteiger partial charge in [-0.3, -0.25) is 0 Å². The molecule has 0 atom stereocenters. The Balaban J connectivity index is 3.41. The van der Waals surface area contributed by atoms with Crippen molar-refractivity contribution in [2.75, 3.05) is 0 Å². The first-order chi connectivity index (χ1) is 6.96. The van der Waals surface area contributed by atoms with Crippen LogP contribution >= 0.6 is 23.2 Å². The minimum atomic E-state index is -1.24. The zero-order valence-corrected chi connectivity index (χ0v) is 10.2. The Bertz CT molecular complexity index is 362. The maximum Gasteiger partial charge on any atom is 0.130 e. The van der Waals surface area contributed by atoms with E-state index in [0.717, 1.165) is 0 Å². The van der Waals surface area contributed by atoms with Crippen LogP contribution in [0.15, 0.2) is 12.1 Å². The molecule has 0 radical (unpaired) electrons. The van der Waals surface area contributed by atoms with Gasteiger partial charge in [0.1, 0.15) is 5.82 Å². The van der Waals surface area contributed by atoms with Crippen molar-refractivity contribution in [2.45, 2.75) is 32.3 Å². The van der Waals surface area contributed by atoms with Gasteiger partial charge in [-0.15, -0.1) is 0 Å². The summed E-state index contributed by atoms with van der Waals surface area (Å²) >= 11 is 11.7. The van der Waals surface area contributed by atoms with Crippen LogP contribution in [0.5, 0.6) is 0 Å². The van der Waals surface area contributed by atoms with Gasteiger partial charge in [0, 0.05) is 5.56 Å². The summed E-state index contributed by atoms with van der Waals surface area (Å²) in [6.07, 6.45) is 0.779. The average Bonchev–Trinajstić information content (AvgIpc) is 2.23. The van der Waals surface area contributed by atoms with Crippen molar-refractivity contribution in [2.24, 2.45) is 0 Å². The Labute approximate surface area is 98.8 Å². The number of benzene rings is 1. The Hall–Kier alpha value is -0.310. The third-order valence-electron chi connectivity index (χ3n) is 2.68. The summed E-state index contributed by atoms with van der Waals surface area (Å²) in [5, 5.41) is 10.6. The van der Waals surface area contributed by atoms with Gasteiger partial charge in [-0.05, 0) is 25.0 Å². The molecule has 15 heavy (non-hydrogen) atoms. The van der Waals surface area contributed by atoms with Gasteiger partial charge in [0.25, 0.3) is 0 Å². The zero-order valence-electron chi connectivity index (χ0n) is 8.65. The number of halogens is 3. The van der Waals surface area contributed by atoms with Crippen LogP contribution in [0, 0.1) is 5.82 Å². The molecule has 0 aromatic heterocycles. The highest BCUT2D eigenvalue weighted by Gasteiger charge is 2.31. The predicted octanol–water partition coefficient (Wildman–Crippen LogP) is 4.14. The molecule has 1 rings (SSSR count). The van der Waals surface area contributed by atoms with Crippen molar-refractivity contribution in [1.29, 1.82) is 0 Å². The van der Waals surface area contributed by atoms with Gasteiger partial charge in [0.15, 0.2) is 0 Å². The van der Waals surface area contributed by atoms with Crippen LogP contribution in [-0.2, 0) is 5.60 Å². The highest BCUT2D eigenvalue weighted by atomic mass is 35.5. The molecule has 0 aliphatic rings. The number of rotatable bonds is 3. The number of hydrogen-bond acceptors (Lipinski definition) is 1. The molecule has 1 nitrogen and oxygen atoms in total. The second-order valence-corrected chi connectivity index (χ2v) is 4.24. The fourth-order valence-corrected chi connectivity index (χ4v) is 2.04. The van der Waals surface area contributed by atoms with Gasteiger partial charge in [-0.25, -0.2) is 4.39 Å². The van der Waals surface area contributed by atoms with Crippen LogP contribution in [-0.4, -0.2) is 5.11 Å². The van der Waals surface area contributed by atoms with E-state index in [-0.39, 0.29) is 15.6 Å². The van der Waals surface area contributed by atoms with Gasteiger partial charge in [0.2, 0.25) is 0 Å². The van der Waals surface area contributed by atoms with E-state index in [1.165, 1.54) is 12.1 Å². The third kappa shape index (κ3) is 2.27. The molecule has 0 aliphatic carbocycles. The van der Waals surface area contributed by atoms with Crippen LogP contribution in [0.3, 0.4) is 0 Å². The van der Waals surface area contributed by atoms with E-state index in [4.69, 9.17) is 23.2 Å². The molecular formula is C11H13Cl2FO. The van der Waals surface area contributed by atoms with E-state index in [2.05, 4.69) is 0 Å². The van der Waals surface area contributed by atoms with Gasteiger partial charge < -0.3 is 5.11 Å². The lowest BCUT2D eigenvalue weighted by Gasteiger charge is -2.27. The second-order valence-electron chi connectivity index (χ2n) is 3.46. The Morgan fingerprint density at radius 2 is 1.80 bits per heavy atom. The first kappa shape index (κ1) is 12.8. The van der Waals surface area contributed by atoms with E-state index in [9.17, 15) is 9.50 Å². The lowest BCUT2D eigenvalue weighted by Crippen LogP contribution is -2.25. The summed E-state index contributed by atoms with van der Waals surface area (Å²) in [6, 6.07) is 2.61. The number of hydrogen-bond donors (Lipinski definition) is 1. The molecule has 0 amide bonds. The van der Waals surface area contributed by atoms with Crippen molar-refractivity contribution in [1.82, 2.24) is 0 Å². The summed E-state index contributed by atoms with van der Waals surface area (Å²) in [6.45, 7) is 3.56. The molecular weight excluding hydrogens is 238 g/mol. The molecule has 0 saturated heterocycles. The van der Waals surface area contributed by atoms with Gasteiger partial charge >= 0.3 is 0 Å². The highest BCUT2D eigenvalue weighted by molar-refractivity contribution is 6.42. The average molecular weight is 251 g/mol. The largest absolute Gasteiger partial charge is 0.385 e. The monoisotopic (exact) mass is 250 g/mol. The lowest BCUT2D eigenvalue weighted by molar-refractivity contribution is 0.0250. The Kier molecular flexibility index (Phi) is 3.99. The smallest absolute Gasteiger partial charge is 0.130 e. The molecule has 0 spiro atoms. The molecule has 0 heterocycles. The molecule has 0 saturated carbocycles. The molecule has 1 N–H and O–H groups in total. The maximum atomic E-state index is 13.6. The molecule has 0 aliphatic heterocycles. The van der Waals surface area contributed by atoms with Gasteiger partial charge in [-0.2, -0.15) is 0 Å². The van der Waals surface area contributed by atoms with Crippen LogP contribution in [0.4, 0.5) is 4.39 Å². The van der Waals surface area contributed by atoms with E-state index in [0.29, 0.717) is 12.8 Å². The molecule has 1 aromatic carbocycles. The van der Waals surface area contributed by atoms with Crippen molar-refractivity contribution < 1.29 is 9.50 Å². The van der Waals surface area contributed by atoms with Crippen LogP contribution in [0.2, 0.25) is 10.0 Å². The molecule has 4 heteroatoms. The quantitative estimate of drug-likeness (QED) is 0.800. The molecule has 0 bridgehead atoms. The fraction of sp³-hybridized carbons (Fsp3) is 0.455. The van der Waals surface area contributed by atoms with Crippen molar-refractivity contribution in [3.63, 3.8) is 0 Å². The molecule has 0 fully saturated rings. The van der Waals surface area contributed by atoms with Crippen LogP contribution in [0.25, 0.3) is 0 Å². The molecule has 1 aromatic rings. The second kappa shape index (κ2) is 4.69. The van der Waals surface area contributed by atoms with E-state index in [1.54, 1.807) is 13.8 Å². The summed E-state index contributed by atoms with van der Waals surface area (Å²) in [7, 11) is 0. The van der Waals surface area contributed by atoms with E-state index in [1.807, 2.05) is 0 Å². The lowest BCUT2D eigenvalue weighted by atomic mass is 9.88. The van der Waals surface area contributed by atoms with E-state index < -0.39 is 11.4 Å². The van der Waals surface area contributed by atoms with E-state index >= 15 is 0 Å². The summed E-state index contributed by atoms with van der Waals surface area (Å²) in [5.74, 6) is -0.518. The molecule has 84 valence electrons. The molecule has 0 unspecified atom stereocenters. The van der Waals surface area contributed by atoms with Crippen molar-refractivity contribution in [3.05, 3.63) is 33.6 Å². The van der Waals surface area contributed by atoms with Crippen LogP contribution < -0.4 is 0 Å². The SMILES string of the molecule is CCC(O)(CC)c1c(F)ccc(Cl)c1Cl. The minimum absolute atomic E-state index is 0.0988. The maximum absolute atomic E-state index is 13.6. The Morgan fingerprint density at radius 1 is 1.27 bits per heavy atom. The number of aliphatic hydroxyl groups is 1. The summed E-state index contributed by atoms with van der Waals surface area (Å²) < 4.78 is 13.6. The van der Waals surface area contributed by atoms with Crippen molar-refractivity contribution in [3.8, 4) is 0 Å². The Morgan fingerprint density at radius 3 is 2.27 bits per heavy atom. The topological polar surface area (TPSA) is 20.2 Å². The minimum Gasteiger partial charge on any atom is -0.385 e. The van der Waals surface area contributed by atoms with Gasteiger partial charge in [-0.1, -0.05) is 37.0 Å². The fourth-order valence-electron chi connectivity index (χ4n) is 1.56. The highest BCUT2D eigenvalue weighted by Crippen LogP contribution is 2.38. The van der Waals surface area contributed by atoms with Crippen LogP contribution in [0.1, 0.15) is 32.3 Å². The predicted molar refractivity (Wildman–Crippen MR) is 60.9 cm³/mol. The van der Waals surface area contributed by atoms with Crippen molar-refractivity contribution >= 4 is 23.2 Å². The summed E-state index contributed by atoms with van der Waals surface area (Å²) in [5.41, 5.74) is -1.15. The zero-order chi connectivity index (χ0) is 11.6. The normalized spacial score (nSPS) is 11.9. The first-order valence-electron chi connectivity index (χ1n) is 4.82. The van der Waals surface area contributed by atoms with Gasteiger partial charge in [0.05, 0.1) is 15.6 Å². The summed E-state index contributed by atoms with van der Waals surface area (Å²) in [4.78, 5) is 0. The first-order valence-corrected chi connectivity index (χ1v) is 5.58. The third-order valence-corrected chi connectivity index (χ3v) is 3.48. The standard InChI is InChI=1S/C11H13Cl2FO/c1-3-11(15,4-2)9-8(14)6-5-7(12)10(9)13/h5-6,15H,3-4H2,1-2H3.